The number of rotatable bonds is 5. The number of nitrogens with zero attached hydrogens (tertiary/aromatic N) is 1. The van der Waals surface area contributed by atoms with Crippen LogP contribution in [0.3, 0.4) is 0 Å². The van der Waals surface area contributed by atoms with Crippen LogP contribution in [0.5, 0.6) is 0 Å². The summed E-state index contributed by atoms with van der Waals surface area (Å²) < 4.78 is 6.99. The van der Waals surface area contributed by atoms with Crippen molar-refractivity contribution in [3.63, 3.8) is 0 Å². The molecule has 3 aromatic rings. The van der Waals surface area contributed by atoms with Crippen molar-refractivity contribution in [2.75, 3.05) is 6.61 Å². The number of carbonyl (C=O) groups is 2. The Morgan fingerprint density at radius 1 is 1.00 bits per heavy atom. The molecule has 3 rings (SSSR count). The summed E-state index contributed by atoms with van der Waals surface area (Å²) in [4.78, 5) is 24.6. The van der Waals surface area contributed by atoms with Gasteiger partial charge in [-0.3, -0.25) is 4.79 Å². The number of carbonyl (C=O) groups excluding carboxylic acids is 2. The van der Waals surface area contributed by atoms with Crippen molar-refractivity contribution in [3.05, 3.63) is 76.7 Å². The molecule has 1 aromatic carbocycles. The van der Waals surface area contributed by atoms with Crippen LogP contribution < -0.4 is 0 Å². The maximum absolute atomic E-state index is 12.2. The number of ether oxygens (including phenoxy) is 1. The topological polar surface area (TPSA) is 48.3 Å². The molecule has 0 radical (unpaired) electrons. The van der Waals surface area contributed by atoms with Crippen LogP contribution in [0.2, 0.25) is 0 Å². The standard InChI is InChI=1S/C17H13NO3S/c19-15(13-6-2-1-3-7-13)12-21-17(20)16-14(8-11-22-16)18-9-4-5-10-18/h1-11H,12H2. The lowest BCUT2D eigenvalue weighted by Gasteiger charge is -2.06. The average molecular weight is 311 g/mol. The molecule has 0 fully saturated rings. The number of esters is 1. The summed E-state index contributed by atoms with van der Waals surface area (Å²) in [5.74, 6) is -0.698. The van der Waals surface area contributed by atoms with Gasteiger partial charge in [-0.05, 0) is 23.6 Å². The van der Waals surface area contributed by atoms with Gasteiger partial charge >= 0.3 is 5.97 Å². The molecule has 0 saturated carbocycles. The number of hydrogen-bond acceptors (Lipinski definition) is 4. The SMILES string of the molecule is O=C(COC(=O)c1sccc1-n1cccc1)c1ccccc1. The summed E-state index contributed by atoms with van der Waals surface area (Å²) in [5, 5.41) is 1.82. The molecule has 5 heteroatoms. The Morgan fingerprint density at radius 2 is 1.73 bits per heavy atom. The van der Waals surface area contributed by atoms with Crippen molar-refractivity contribution in [1.82, 2.24) is 4.57 Å². The zero-order valence-electron chi connectivity index (χ0n) is 11.6. The first-order valence-electron chi connectivity index (χ1n) is 6.72. The van der Waals surface area contributed by atoms with E-state index >= 15 is 0 Å². The first-order valence-corrected chi connectivity index (χ1v) is 7.60. The van der Waals surface area contributed by atoms with E-state index in [0.29, 0.717) is 10.4 Å². The largest absolute Gasteiger partial charge is 0.453 e. The fraction of sp³-hybridized carbons (Fsp3) is 0.0588. The first-order chi connectivity index (χ1) is 10.8. The number of Topliss-reactive ketones (excluding diaryl/α,β-unsaturated/α-hetero) is 1. The molecule has 0 amide bonds. The second-order valence-electron chi connectivity index (χ2n) is 4.59. The fourth-order valence-corrected chi connectivity index (χ4v) is 2.84. The van der Waals surface area contributed by atoms with Gasteiger partial charge in [0.05, 0.1) is 5.69 Å². The van der Waals surface area contributed by atoms with Crippen LogP contribution in [-0.2, 0) is 4.74 Å². The molecule has 0 spiro atoms. The molecule has 0 aliphatic rings. The molecule has 0 saturated heterocycles. The first kappa shape index (κ1) is 14.3. The van der Waals surface area contributed by atoms with Crippen molar-refractivity contribution < 1.29 is 14.3 Å². The van der Waals surface area contributed by atoms with Crippen LogP contribution in [0, 0.1) is 0 Å². The van der Waals surface area contributed by atoms with E-state index in [4.69, 9.17) is 4.74 Å². The second-order valence-corrected chi connectivity index (χ2v) is 5.51. The van der Waals surface area contributed by atoms with Gasteiger partial charge in [0.2, 0.25) is 0 Å². The zero-order valence-corrected chi connectivity index (χ0v) is 12.5. The van der Waals surface area contributed by atoms with E-state index < -0.39 is 5.97 Å². The van der Waals surface area contributed by atoms with Gasteiger partial charge < -0.3 is 9.30 Å². The van der Waals surface area contributed by atoms with Crippen LogP contribution in [0.4, 0.5) is 0 Å². The minimum atomic E-state index is -0.483. The predicted octanol–water partition coefficient (Wildman–Crippen LogP) is 3.58. The summed E-state index contributed by atoms with van der Waals surface area (Å²) in [5.41, 5.74) is 1.29. The average Bonchev–Trinajstić information content (AvgIpc) is 3.23. The molecule has 110 valence electrons. The van der Waals surface area contributed by atoms with Gasteiger partial charge in [0.15, 0.2) is 12.4 Å². The molecule has 2 heterocycles. The Hall–Kier alpha value is -2.66. The van der Waals surface area contributed by atoms with Crippen molar-refractivity contribution >= 4 is 23.1 Å². The molecule has 4 nitrogen and oxygen atoms in total. The summed E-state index contributed by atoms with van der Waals surface area (Å²) in [6.45, 7) is -0.258. The molecule has 0 atom stereocenters. The van der Waals surface area contributed by atoms with Crippen molar-refractivity contribution in [2.45, 2.75) is 0 Å². The molecule has 0 aliphatic carbocycles. The molecular weight excluding hydrogens is 298 g/mol. The lowest BCUT2D eigenvalue weighted by Crippen LogP contribution is -2.14. The Labute approximate surface area is 131 Å². The Bertz CT molecular complexity index is 775. The second kappa shape index (κ2) is 6.41. The highest BCUT2D eigenvalue weighted by molar-refractivity contribution is 7.12. The predicted molar refractivity (Wildman–Crippen MR) is 84.7 cm³/mol. The van der Waals surface area contributed by atoms with E-state index in [1.165, 1.54) is 11.3 Å². The van der Waals surface area contributed by atoms with E-state index in [0.717, 1.165) is 5.69 Å². The maximum Gasteiger partial charge on any atom is 0.350 e. The maximum atomic E-state index is 12.2. The summed E-state index contributed by atoms with van der Waals surface area (Å²) in [6, 6.07) is 14.4. The van der Waals surface area contributed by atoms with Crippen molar-refractivity contribution in [3.8, 4) is 5.69 Å². The van der Waals surface area contributed by atoms with Gasteiger partial charge in [-0.2, -0.15) is 0 Å². The van der Waals surface area contributed by atoms with E-state index in [1.807, 2.05) is 46.6 Å². The molecule has 2 aromatic heterocycles. The Morgan fingerprint density at radius 3 is 2.45 bits per heavy atom. The van der Waals surface area contributed by atoms with Crippen LogP contribution in [-0.4, -0.2) is 22.9 Å². The normalized spacial score (nSPS) is 10.4. The lowest BCUT2D eigenvalue weighted by molar-refractivity contribution is 0.0479. The van der Waals surface area contributed by atoms with E-state index in [2.05, 4.69) is 0 Å². The van der Waals surface area contributed by atoms with Crippen LogP contribution in [0.15, 0.2) is 66.3 Å². The molecule has 0 unspecified atom stereocenters. The fourth-order valence-electron chi connectivity index (χ4n) is 2.06. The van der Waals surface area contributed by atoms with E-state index in [1.54, 1.807) is 24.3 Å². The lowest BCUT2D eigenvalue weighted by atomic mass is 10.1. The van der Waals surface area contributed by atoms with Gasteiger partial charge in [0.1, 0.15) is 4.88 Å². The molecule has 0 aliphatic heterocycles. The molecule has 22 heavy (non-hydrogen) atoms. The van der Waals surface area contributed by atoms with E-state index in [9.17, 15) is 9.59 Å². The number of ketones is 1. The third kappa shape index (κ3) is 2.99. The minimum absolute atomic E-state index is 0.215. The molecule has 0 N–H and O–H groups in total. The van der Waals surface area contributed by atoms with Gasteiger partial charge in [-0.25, -0.2) is 4.79 Å². The highest BCUT2D eigenvalue weighted by Gasteiger charge is 2.17. The highest BCUT2D eigenvalue weighted by Crippen LogP contribution is 2.22. The van der Waals surface area contributed by atoms with Crippen molar-refractivity contribution in [1.29, 1.82) is 0 Å². The van der Waals surface area contributed by atoms with Crippen LogP contribution >= 0.6 is 11.3 Å². The number of thiophene rings is 1. The van der Waals surface area contributed by atoms with Crippen LogP contribution in [0.1, 0.15) is 20.0 Å². The van der Waals surface area contributed by atoms with Gasteiger partial charge in [-0.15, -0.1) is 11.3 Å². The van der Waals surface area contributed by atoms with Crippen molar-refractivity contribution in [2.24, 2.45) is 0 Å². The minimum Gasteiger partial charge on any atom is -0.453 e. The highest BCUT2D eigenvalue weighted by atomic mass is 32.1. The number of benzene rings is 1. The third-order valence-corrected chi connectivity index (χ3v) is 4.03. The molecule has 0 bridgehead atoms. The quantitative estimate of drug-likeness (QED) is 0.534. The van der Waals surface area contributed by atoms with E-state index in [-0.39, 0.29) is 12.4 Å². The summed E-state index contributed by atoms with van der Waals surface area (Å²) in [6.07, 6.45) is 3.71. The molecular formula is C17H13NO3S. The van der Waals surface area contributed by atoms with Crippen LogP contribution in [0.25, 0.3) is 5.69 Å². The monoisotopic (exact) mass is 311 g/mol. The Kier molecular flexibility index (Phi) is 4.16. The zero-order chi connectivity index (χ0) is 15.4. The van der Waals surface area contributed by atoms with Gasteiger partial charge in [0.25, 0.3) is 0 Å². The summed E-state index contributed by atoms with van der Waals surface area (Å²) in [7, 11) is 0. The number of aromatic nitrogens is 1. The third-order valence-electron chi connectivity index (χ3n) is 3.14. The van der Waals surface area contributed by atoms with Gasteiger partial charge in [0, 0.05) is 18.0 Å². The summed E-state index contributed by atoms with van der Waals surface area (Å²) >= 11 is 1.30. The smallest absolute Gasteiger partial charge is 0.350 e. The number of hydrogen-bond donors (Lipinski definition) is 0. The van der Waals surface area contributed by atoms with Gasteiger partial charge in [-0.1, -0.05) is 30.3 Å². The Balaban J connectivity index is 1.69.